The lowest BCUT2D eigenvalue weighted by molar-refractivity contribution is 0.0600. The lowest BCUT2D eigenvalue weighted by atomic mass is 10.2. The largest absolute Gasteiger partial charge is 0.465 e. The smallest absolute Gasteiger partial charge is 0.337 e. The van der Waals surface area contributed by atoms with Crippen LogP contribution in [0.25, 0.3) is 0 Å². The van der Waals surface area contributed by atoms with Gasteiger partial charge in [0.05, 0.1) is 12.7 Å². The molecule has 0 radical (unpaired) electrons. The molecule has 5 heteroatoms. The Bertz CT molecular complexity index is 428. The number of hydrogen-bond acceptors (Lipinski definition) is 3. The number of esters is 1. The average Bonchev–Trinajstić information content (AvgIpc) is 2.39. The average molecular weight is 250 g/mol. The first-order valence-corrected chi connectivity index (χ1v) is 5.86. The predicted octanol–water partition coefficient (Wildman–Crippen LogP) is 2.35. The molecule has 1 aromatic carbocycles. The van der Waals surface area contributed by atoms with Crippen molar-refractivity contribution < 1.29 is 14.3 Å². The van der Waals surface area contributed by atoms with E-state index in [0.29, 0.717) is 24.3 Å². The number of rotatable bonds is 4. The van der Waals surface area contributed by atoms with Gasteiger partial charge in [-0.3, -0.25) is 0 Å². The van der Waals surface area contributed by atoms with Crippen molar-refractivity contribution in [1.82, 2.24) is 4.90 Å². The van der Waals surface area contributed by atoms with Crippen LogP contribution < -0.4 is 5.32 Å². The third-order valence-electron chi connectivity index (χ3n) is 2.59. The Morgan fingerprint density at radius 3 is 2.50 bits per heavy atom. The van der Waals surface area contributed by atoms with Crippen molar-refractivity contribution in [2.75, 3.05) is 25.5 Å². The lowest BCUT2D eigenvalue weighted by Gasteiger charge is -2.19. The van der Waals surface area contributed by atoms with Crippen LogP contribution in [0.15, 0.2) is 24.3 Å². The molecule has 0 unspecified atom stereocenters. The maximum Gasteiger partial charge on any atom is 0.337 e. The van der Waals surface area contributed by atoms with Gasteiger partial charge in [0.1, 0.15) is 0 Å². The minimum Gasteiger partial charge on any atom is -0.465 e. The van der Waals surface area contributed by atoms with Gasteiger partial charge in [-0.1, -0.05) is 6.07 Å². The summed E-state index contributed by atoms with van der Waals surface area (Å²) in [4.78, 5) is 24.8. The van der Waals surface area contributed by atoms with Gasteiger partial charge in [0.25, 0.3) is 0 Å². The van der Waals surface area contributed by atoms with Crippen LogP contribution in [0.3, 0.4) is 0 Å². The first kappa shape index (κ1) is 14.0. The Morgan fingerprint density at radius 2 is 1.94 bits per heavy atom. The van der Waals surface area contributed by atoms with E-state index in [1.54, 1.807) is 29.2 Å². The molecule has 0 aliphatic rings. The number of hydrogen-bond donors (Lipinski definition) is 1. The number of carbonyl (C=O) groups is 2. The van der Waals surface area contributed by atoms with Gasteiger partial charge in [-0.2, -0.15) is 0 Å². The van der Waals surface area contributed by atoms with Gasteiger partial charge in [0, 0.05) is 18.8 Å². The Morgan fingerprint density at radius 1 is 1.28 bits per heavy atom. The highest BCUT2D eigenvalue weighted by atomic mass is 16.5. The summed E-state index contributed by atoms with van der Waals surface area (Å²) in [6.45, 7) is 5.10. The van der Waals surface area contributed by atoms with Gasteiger partial charge >= 0.3 is 12.0 Å². The van der Waals surface area contributed by atoms with Crippen molar-refractivity contribution in [2.24, 2.45) is 0 Å². The maximum atomic E-state index is 11.8. The highest BCUT2D eigenvalue weighted by Gasteiger charge is 2.11. The fourth-order valence-electron chi connectivity index (χ4n) is 1.56. The summed E-state index contributed by atoms with van der Waals surface area (Å²) in [6, 6.07) is 6.48. The Labute approximate surface area is 107 Å². The van der Waals surface area contributed by atoms with Crippen LogP contribution in [0.4, 0.5) is 10.5 Å². The molecule has 0 heterocycles. The topological polar surface area (TPSA) is 58.6 Å². The van der Waals surface area contributed by atoms with Crippen molar-refractivity contribution in [1.29, 1.82) is 0 Å². The molecule has 98 valence electrons. The number of amides is 2. The molecular formula is C13H18N2O3. The summed E-state index contributed by atoms with van der Waals surface area (Å²) >= 11 is 0. The van der Waals surface area contributed by atoms with E-state index in [1.807, 2.05) is 13.8 Å². The normalized spacial score (nSPS) is 9.72. The van der Waals surface area contributed by atoms with E-state index in [-0.39, 0.29) is 6.03 Å². The van der Waals surface area contributed by atoms with E-state index in [2.05, 4.69) is 10.1 Å². The van der Waals surface area contributed by atoms with Crippen LogP contribution in [-0.4, -0.2) is 37.1 Å². The first-order valence-electron chi connectivity index (χ1n) is 5.86. The number of benzene rings is 1. The molecule has 0 saturated heterocycles. The molecule has 1 rings (SSSR count). The fraction of sp³-hybridized carbons (Fsp3) is 0.385. The van der Waals surface area contributed by atoms with E-state index >= 15 is 0 Å². The SMILES string of the molecule is CCN(CC)C(=O)Nc1cccc(C(=O)OC)c1. The minimum atomic E-state index is -0.422. The van der Waals surface area contributed by atoms with Crippen molar-refractivity contribution in [3.63, 3.8) is 0 Å². The second-order valence-corrected chi connectivity index (χ2v) is 3.67. The molecule has 1 N–H and O–H groups in total. The lowest BCUT2D eigenvalue weighted by Crippen LogP contribution is -2.34. The number of urea groups is 1. The molecule has 0 spiro atoms. The van der Waals surface area contributed by atoms with Gasteiger partial charge in [-0.15, -0.1) is 0 Å². The van der Waals surface area contributed by atoms with Gasteiger partial charge in [-0.05, 0) is 32.0 Å². The van der Waals surface area contributed by atoms with Gasteiger partial charge in [0.2, 0.25) is 0 Å². The molecule has 0 aliphatic heterocycles. The minimum absolute atomic E-state index is 0.179. The number of carbonyl (C=O) groups excluding carboxylic acids is 2. The highest BCUT2D eigenvalue weighted by molar-refractivity contribution is 5.93. The molecule has 0 aliphatic carbocycles. The number of anilines is 1. The zero-order chi connectivity index (χ0) is 13.5. The summed E-state index contributed by atoms with van der Waals surface area (Å²) in [5, 5.41) is 2.74. The number of methoxy groups -OCH3 is 1. The van der Waals surface area contributed by atoms with Crippen LogP contribution >= 0.6 is 0 Å². The molecule has 0 atom stereocenters. The number of nitrogens with zero attached hydrogens (tertiary/aromatic N) is 1. The highest BCUT2D eigenvalue weighted by Crippen LogP contribution is 2.12. The Balaban J connectivity index is 2.79. The van der Waals surface area contributed by atoms with Crippen LogP contribution in [0.2, 0.25) is 0 Å². The monoisotopic (exact) mass is 250 g/mol. The van der Waals surface area contributed by atoms with Crippen LogP contribution in [0, 0.1) is 0 Å². The van der Waals surface area contributed by atoms with Crippen molar-refractivity contribution in [3.05, 3.63) is 29.8 Å². The Hall–Kier alpha value is -2.04. The van der Waals surface area contributed by atoms with Crippen LogP contribution in [0.5, 0.6) is 0 Å². The molecule has 0 fully saturated rings. The summed E-state index contributed by atoms with van der Waals surface area (Å²) in [7, 11) is 1.32. The number of nitrogens with one attached hydrogen (secondary N) is 1. The second-order valence-electron chi connectivity index (χ2n) is 3.67. The van der Waals surface area contributed by atoms with Gasteiger partial charge in [-0.25, -0.2) is 9.59 Å². The van der Waals surface area contributed by atoms with Crippen LogP contribution in [0.1, 0.15) is 24.2 Å². The summed E-state index contributed by atoms with van der Waals surface area (Å²) < 4.78 is 4.62. The second kappa shape index (κ2) is 6.64. The molecule has 18 heavy (non-hydrogen) atoms. The molecule has 5 nitrogen and oxygen atoms in total. The zero-order valence-electron chi connectivity index (χ0n) is 10.9. The van der Waals surface area contributed by atoms with Crippen molar-refractivity contribution in [3.8, 4) is 0 Å². The third-order valence-corrected chi connectivity index (χ3v) is 2.59. The standard InChI is InChI=1S/C13H18N2O3/c1-4-15(5-2)13(17)14-11-8-6-7-10(9-11)12(16)18-3/h6-9H,4-5H2,1-3H3,(H,14,17). The maximum absolute atomic E-state index is 11.8. The molecular weight excluding hydrogens is 232 g/mol. The van der Waals surface area contributed by atoms with Crippen molar-refractivity contribution in [2.45, 2.75) is 13.8 Å². The molecule has 2 amide bonds. The van der Waals surface area contributed by atoms with Gasteiger partial charge < -0.3 is 15.0 Å². The molecule has 0 aromatic heterocycles. The molecule has 0 saturated carbocycles. The Kier molecular flexibility index (Phi) is 5.17. The van der Waals surface area contributed by atoms with E-state index in [1.165, 1.54) is 7.11 Å². The van der Waals surface area contributed by atoms with E-state index in [4.69, 9.17) is 0 Å². The quantitative estimate of drug-likeness (QED) is 0.834. The summed E-state index contributed by atoms with van der Waals surface area (Å²) in [6.07, 6.45) is 0. The first-order chi connectivity index (χ1) is 8.62. The summed E-state index contributed by atoms with van der Waals surface area (Å²) in [5.41, 5.74) is 0.990. The van der Waals surface area contributed by atoms with Crippen LogP contribution in [-0.2, 0) is 4.74 Å². The third kappa shape index (κ3) is 3.48. The zero-order valence-corrected chi connectivity index (χ0v) is 10.9. The number of ether oxygens (including phenoxy) is 1. The van der Waals surface area contributed by atoms with E-state index in [0.717, 1.165) is 0 Å². The predicted molar refractivity (Wildman–Crippen MR) is 69.7 cm³/mol. The molecule has 0 bridgehead atoms. The van der Waals surface area contributed by atoms with Crippen molar-refractivity contribution >= 4 is 17.7 Å². The van der Waals surface area contributed by atoms with Gasteiger partial charge in [0.15, 0.2) is 0 Å². The van der Waals surface area contributed by atoms with E-state index < -0.39 is 5.97 Å². The fourth-order valence-corrected chi connectivity index (χ4v) is 1.56. The molecule has 1 aromatic rings. The summed E-state index contributed by atoms with van der Waals surface area (Å²) in [5.74, 6) is -0.422. The van der Waals surface area contributed by atoms with E-state index in [9.17, 15) is 9.59 Å².